The minimum Gasteiger partial charge on any atom is -0.352 e. The monoisotopic (exact) mass is 216 g/mol. The number of hydrogen-bond donors (Lipinski definition) is 1. The summed E-state index contributed by atoms with van der Waals surface area (Å²) in [4.78, 5) is 11.9. The molecule has 0 unspecified atom stereocenters. The minimum absolute atomic E-state index is 0.0476. The maximum atomic E-state index is 11.9. The van der Waals surface area contributed by atoms with Gasteiger partial charge in [0.05, 0.1) is 6.07 Å². The average Bonchev–Trinajstić information content (AvgIpc) is 2.24. The van der Waals surface area contributed by atoms with E-state index in [9.17, 15) is 4.79 Å². The predicted molar refractivity (Wildman–Crippen MR) is 63.1 cm³/mol. The van der Waals surface area contributed by atoms with Crippen molar-refractivity contribution in [3.05, 3.63) is 34.9 Å². The highest BCUT2D eigenvalue weighted by Gasteiger charge is 2.10. The lowest BCUT2D eigenvalue weighted by Gasteiger charge is -2.09. The van der Waals surface area contributed by atoms with Gasteiger partial charge in [-0.25, -0.2) is 0 Å². The van der Waals surface area contributed by atoms with Crippen LogP contribution in [0.15, 0.2) is 18.2 Å². The summed E-state index contributed by atoms with van der Waals surface area (Å²) in [7, 11) is 0. The van der Waals surface area contributed by atoms with E-state index in [-0.39, 0.29) is 5.91 Å². The van der Waals surface area contributed by atoms with Crippen LogP contribution in [0.5, 0.6) is 0 Å². The summed E-state index contributed by atoms with van der Waals surface area (Å²) in [5, 5.41) is 11.2. The van der Waals surface area contributed by atoms with E-state index in [1.807, 2.05) is 32.0 Å². The average molecular weight is 216 g/mol. The second-order valence-corrected chi connectivity index (χ2v) is 3.78. The second kappa shape index (κ2) is 5.92. The van der Waals surface area contributed by atoms with Crippen molar-refractivity contribution >= 4 is 5.91 Å². The Morgan fingerprint density at radius 2 is 2.00 bits per heavy atom. The highest BCUT2D eigenvalue weighted by molar-refractivity contribution is 5.96. The Bertz CT molecular complexity index is 398. The van der Waals surface area contributed by atoms with Gasteiger partial charge in [-0.3, -0.25) is 4.79 Å². The highest BCUT2D eigenvalue weighted by atomic mass is 16.1. The number of carbonyl (C=O) groups is 1. The first-order valence-electron chi connectivity index (χ1n) is 5.38. The third-order valence-corrected chi connectivity index (χ3v) is 2.46. The molecule has 1 aromatic rings. The van der Waals surface area contributed by atoms with E-state index in [1.54, 1.807) is 0 Å². The van der Waals surface area contributed by atoms with Crippen LogP contribution in [0, 0.1) is 25.2 Å². The van der Waals surface area contributed by atoms with E-state index in [1.165, 1.54) is 0 Å². The van der Waals surface area contributed by atoms with Crippen LogP contribution in [0.1, 0.15) is 34.3 Å². The molecule has 0 aliphatic carbocycles. The van der Waals surface area contributed by atoms with Crippen LogP contribution in [-0.2, 0) is 0 Å². The first-order chi connectivity index (χ1) is 7.66. The Labute approximate surface area is 96.1 Å². The summed E-state index contributed by atoms with van der Waals surface area (Å²) in [6.45, 7) is 4.41. The second-order valence-electron chi connectivity index (χ2n) is 3.78. The molecule has 16 heavy (non-hydrogen) atoms. The number of carbonyl (C=O) groups excluding carboxylic acids is 1. The van der Waals surface area contributed by atoms with Crippen LogP contribution in [-0.4, -0.2) is 12.5 Å². The van der Waals surface area contributed by atoms with E-state index in [2.05, 4.69) is 11.4 Å². The van der Waals surface area contributed by atoms with Gasteiger partial charge in [-0.1, -0.05) is 18.2 Å². The molecule has 0 heterocycles. The third kappa shape index (κ3) is 3.09. The van der Waals surface area contributed by atoms with Crippen molar-refractivity contribution < 1.29 is 4.79 Å². The molecule has 0 fully saturated rings. The summed E-state index contributed by atoms with van der Waals surface area (Å²) < 4.78 is 0. The van der Waals surface area contributed by atoms with Gasteiger partial charge >= 0.3 is 0 Å². The van der Waals surface area contributed by atoms with Crippen LogP contribution < -0.4 is 5.32 Å². The number of unbranched alkanes of at least 4 members (excludes halogenated alkanes) is 1. The summed E-state index contributed by atoms with van der Waals surface area (Å²) in [6, 6.07) is 7.85. The van der Waals surface area contributed by atoms with Crippen molar-refractivity contribution in [2.75, 3.05) is 6.54 Å². The lowest BCUT2D eigenvalue weighted by Crippen LogP contribution is -2.25. The van der Waals surface area contributed by atoms with E-state index in [4.69, 9.17) is 5.26 Å². The number of rotatable bonds is 4. The molecule has 1 aromatic carbocycles. The molecule has 0 saturated heterocycles. The molecule has 0 radical (unpaired) electrons. The number of nitrogens with one attached hydrogen (secondary N) is 1. The SMILES string of the molecule is Cc1cccc(C)c1C(=O)NCCCC#N. The first-order valence-corrected chi connectivity index (χ1v) is 5.38. The molecule has 0 aliphatic heterocycles. The van der Waals surface area contributed by atoms with Crippen molar-refractivity contribution in [3.63, 3.8) is 0 Å². The third-order valence-electron chi connectivity index (χ3n) is 2.46. The molecule has 3 nitrogen and oxygen atoms in total. The fraction of sp³-hybridized carbons (Fsp3) is 0.385. The van der Waals surface area contributed by atoms with Crippen molar-refractivity contribution in [1.29, 1.82) is 5.26 Å². The summed E-state index contributed by atoms with van der Waals surface area (Å²) in [6.07, 6.45) is 1.18. The molecular formula is C13H16N2O. The summed E-state index contributed by atoms with van der Waals surface area (Å²) >= 11 is 0. The Morgan fingerprint density at radius 3 is 2.56 bits per heavy atom. The molecule has 0 saturated carbocycles. The molecule has 1 N–H and O–H groups in total. The summed E-state index contributed by atoms with van der Waals surface area (Å²) in [5.74, 6) is -0.0476. The largest absolute Gasteiger partial charge is 0.352 e. The highest BCUT2D eigenvalue weighted by Crippen LogP contribution is 2.12. The Balaban J connectivity index is 2.63. The van der Waals surface area contributed by atoms with Gasteiger partial charge in [-0.2, -0.15) is 5.26 Å². The number of aryl methyl sites for hydroxylation is 2. The van der Waals surface area contributed by atoms with Gasteiger partial charge in [0.15, 0.2) is 0 Å². The Morgan fingerprint density at radius 1 is 1.38 bits per heavy atom. The molecule has 0 bridgehead atoms. The number of amides is 1. The number of nitrogens with zero attached hydrogens (tertiary/aromatic N) is 1. The number of benzene rings is 1. The number of nitriles is 1. The zero-order valence-corrected chi connectivity index (χ0v) is 9.71. The normalized spacial score (nSPS) is 9.56. The van der Waals surface area contributed by atoms with Gasteiger partial charge in [0.2, 0.25) is 0 Å². The Kier molecular flexibility index (Phi) is 4.53. The van der Waals surface area contributed by atoms with Crippen molar-refractivity contribution in [3.8, 4) is 6.07 Å². The van der Waals surface area contributed by atoms with Crippen molar-refractivity contribution in [1.82, 2.24) is 5.32 Å². The topological polar surface area (TPSA) is 52.9 Å². The lowest BCUT2D eigenvalue weighted by molar-refractivity contribution is 0.0952. The van der Waals surface area contributed by atoms with Gasteiger partial charge in [0, 0.05) is 18.5 Å². The van der Waals surface area contributed by atoms with Crippen LogP contribution in [0.3, 0.4) is 0 Å². The molecule has 0 aromatic heterocycles. The zero-order chi connectivity index (χ0) is 12.0. The van der Waals surface area contributed by atoms with Gasteiger partial charge in [0.1, 0.15) is 0 Å². The minimum atomic E-state index is -0.0476. The molecule has 84 valence electrons. The molecule has 0 aliphatic rings. The Hall–Kier alpha value is -1.82. The number of hydrogen-bond acceptors (Lipinski definition) is 2. The van der Waals surface area contributed by atoms with Gasteiger partial charge < -0.3 is 5.32 Å². The summed E-state index contributed by atoms with van der Waals surface area (Å²) in [5.41, 5.74) is 2.72. The van der Waals surface area contributed by atoms with Gasteiger partial charge in [0.25, 0.3) is 5.91 Å². The fourth-order valence-corrected chi connectivity index (χ4v) is 1.63. The van der Waals surface area contributed by atoms with Crippen LogP contribution in [0.25, 0.3) is 0 Å². The quantitative estimate of drug-likeness (QED) is 0.785. The standard InChI is InChI=1S/C13H16N2O/c1-10-6-5-7-11(2)12(10)13(16)15-9-4-3-8-14/h5-7H,3-4,9H2,1-2H3,(H,15,16). The molecule has 1 rings (SSSR count). The van der Waals surface area contributed by atoms with Crippen LogP contribution in [0.2, 0.25) is 0 Å². The molecule has 1 amide bonds. The zero-order valence-electron chi connectivity index (χ0n) is 9.71. The lowest BCUT2D eigenvalue weighted by atomic mass is 10.0. The van der Waals surface area contributed by atoms with E-state index < -0.39 is 0 Å². The molecule has 0 atom stereocenters. The van der Waals surface area contributed by atoms with E-state index in [0.29, 0.717) is 19.4 Å². The van der Waals surface area contributed by atoms with Gasteiger partial charge in [-0.05, 0) is 31.4 Å². The van der Waals surface area contributed by atoms with E-state index in [0.717, 1.165) is 16.7 Å². The maximum absolute atomic E-state index is 11.9. The molecule has 0 spiro atoms. The van der Waals surface area contributed by atoms with E-state index >= 15 is 0 Å². The van der Waals surface area contributed by atoms with Crippen molar-refractivity contribution in [2.24, 2.45) is 0 Å². The molecule has 3 heteroatoms. The van der Waals surface area contributed by atoms with Gasteiger partial charge in [-0.15, -0.1) is 0 Å². The predicted octanol–water partition coefficient (Wildman–Crippen LogP) is 2.34. The van der Waals surface area contributed by atoms with Crippen LogP contribution >= 0.6 is 0 Å². The maximum Gasteiger partial charge on any atom is 0.251 e. The first kappa shape index (κ1) is 12.3. The fourth-order valence-electron chi connectivity index (χ4n) is 1.63. The smallest absolute Gasteiger partial charge is 0.251 e. The van der Waals surface area contributed by atoms with Crippen LogP contribution in [0.4, 0.5) is 0 Å². The molecular weight excluding hydrogens is 200 g/mol. The van der Waals surface area contributed by atoms with Crippen molar-refractivity contribution in [2.45, 2.75) is 26.7 Å².